The van der Waals surface area contributed by atoms with Crippen LogP contribution in [0, 0.1) is 0 Å². The molecule has 0 N–H and O–H groups in total. The van der Waals surface area contributed by atoms with Crippen molar-refractivity contribution in [1.29, 1.82) is 0 Å². The second kappa shape index (κ2) is 9.76. The molecule has 0 radical (unpaired) electrons. The second-order valence-corrected chi connectivity index (χ2v) is 13.3. The summed E-state index contributed by atoms with van der Waals surface area (Å²) < 4.78 is 0. The Balaban J connectivity index is 1.24. The van der Waals surface area contributed by atoms with Crippen molar-refractivity contribution >= 4 is 62.5 Å². The molecule has 1 heterocycles. The summed E-state index contributed by atoms with van der Waals surface area (Å²) in [4.78, 5) is 5.11. The van der Waals surface area contributed by atoms with Crippen LogP contribution in [0.1, 0.15) is 11.1 Å². The van der Waals surface area contributed by atoms with Gasteiger partial charge in [-0.1, -0.05) is 152 Å². The maximum Gasteiger partial charge on any atom is 0.0568 e. The van der Waals surface area contributed by atoms with E-state index in [4.69, 9.17) is 10.3 Å². The highest BCUT2D eigenvalue weighted by atomic mass is 31.1. The van der Waals surface area contributed by atoms with Crippen molar-refractivity contribution in [1.82, 2.24) is 0 Å². The third-order valence-electron chi connectivity index (χ3n) is 8.72. The molecule has 1 atom stereocenters. The van der Waals surface area contributed by atoms with Crippen LogP contribution in [0.4, 0.5) is 0 Å². The third-order valence-corrected chi connectivity index (χ3v) is 11.2. The van der Waals surface area contributed by atoms with E-state index in [1.165, 1.54) is 59.7 Å². The van der Waals surface area contributed by atoms with Crippen LogP contribution in [0.2, 0.25) is 0 Å². The van der Waals surface area contributed by atoms with E-state index in [9.17, 15) is 0 Å². The van der Waals surface area contributed by atoms with Crippen LogP contribution in [0.25, 0.3) is 49.4 Å². The molecular weight excluding hydrogens is 539 g/mol. The molecule has 2 nitrogen and oxygen atoms in total. The van der Waals surface area contributed by atoms with E-state index < -0.39 is 7.92 Å². The van der Waals surface area contributed by atoms with Crippen LogP contribution in [0.15, 0.2) is 157 Å². The van der Waals surface area contributed by atoms with E-state index in [-0.39, 0.29) is 6.04 Å². The Morgan fingerprint density at radius 2 is 1.19 bits per heavy atom. The summed E-state index contributed by atoms with van der Waals surface area (Å²) in [5.74, 6) is 0. The molecule has 2 aliphatic carbocycles. The topological polar surface area (TPSA) is 26.5 Å². The Morgan fingerprint density at radius 1 is 0.535 bits per heavy atom. The molecule has 0 spiro atoms. The quantitative estimate of drug-likeness (QED) is 0.191. The fraction of sp³-hybridized carbons (Fsp3) is 0.0250. The molecule has 0 fully saturated rings. The van der Waals surface area contributed by atoms with Gasteiger partial charge < -0.3 is 5.32 Å². The predicted molar refractivity (Wildman–Crippen MR) is 185 cm³/mol. The summed E-state index contributed by atoms with van der Waals surface area (Å²) in [6, 6.07) is 46.8. The maximum absolute atomic E-state index is 5.16. The molecule has 3 heteroatoms. The van der Waals surface area contributed by atoms with Gasteiger partial charge in [-0.05, 0) is 68.1 Å². The number of allylic oxidation sites excluding steroid dienone is 2. The van der Waals surface area contributed by atoms with Crippen LogP contribution in [-0.4, -0.2) is 11.8 Å². The van der Waals surface area contributed by atoms with Gasteiger partial charge in [0.25, 0.3) is 0 Å². The lowest BCUT2D eigenvalue weighted by atomic mass is 9.91. The lowest BCUT2D eigenvalue weighted by Crippen LogP contribution is -2.21. The highest BCUT2D eigenvalue weighted by Crippen LogP contribution is 2.50. The summed E-state index contributed by atoms with van der Waals surface area (Å²) in [6.45, 7) is 0. The number of benzene rings is 6. The lowest BCUT2D eigenvalue weighted by molar-refractivity contribution is 1.21. The van der Waals surface area contributed by atoms with Crippen molar-refractivity contribution in [2.24, 2.45) is 4.99 Å². The smallest absolute Gasteiger partial charge is 0.0568 e. The van der Waals surface area contributed by atoms with Gasteiger partial charge in [-0.25, -0.2) is 0 Å². The van der Waals surface area contributed by atoms with Gasteiger partial charge in [0, 0.05) is 11.3 Å². The Bertz CT molecular complexity index is 2170. The fourth-order valence-corrected chi connectivity index (χ4v) is 9.29. The standard InChI is InChI=1S/C40H26N2P/c1-3-12-26(13-4-1)43(27-14-5-2-6-15-27)37-25-24-29(28-16-7-8-17-31(28)37)30-22-23-34-38-32(30)18-11-19-33(38)39-40(34)42-36-21-10-9-20-35(36)41-39/h1-25,35H/q-1. The van der Waals surface area contributed by atoms with E-state index >= 15 is 0 Å². The molecule has 6 aromatic rings. The zero-order valence-electron chi connectivity index (χ0n) is 23.4. The second-order valence-electron chi connectivity index (χ2n) is 11.1. The van der Waals surface area contributed by atoms with E-state index in [1.807, 2.05) is 6.08 Å². The number of aliphatic imine (C=N–C) groups is 1. The Morgan fingerprint density at radius 3 is 1.98 bits per heavy atom. The minimum absolute atomic E-state index is 0.00611. The van der Waals surface area contributed by atoms with Crippen molar-refractivity contribution in [2.75, 3.05) is 0 Å². The average Bonchev–Trinajstić information content (AvgIpc) is 3.39. The molecule has 0 bridgehead atoms. The lowest BCUT2D eigenvalue weighted by Gasteiger charge is -2.37. The van der Waals surface area contributed by atoms with Gasteiger partial charge in [0.05, 0.1) is 5.70 Å². The van der Waals surface area contributed by atoms with Gasteiger partial charge in [-0.15, -0.1) is 5.70 Å². The first kappa shape index (κ1) is 24.5. The molecule has 3 aliphatic rings. The summed E-state index contributed by atoms with van der Waals surface area (Å²) in [5.41, 5.74) is 7.90. The molecule has 43 heavy (non-hydrogen) atoms. The van der Waals surface area contributed by atoms with Crippen LogP contribution in [0.3, 0.4) is 0 Å². The number of hydrogen-bond donors (Lipinski definition) is 0. The number of hydrogen-bond acceptors (Lipinski definition) is 1. The SMILES string of the molecule is C1=CC2=NC3=C([N-]C2C=C1)c1cccc2c(-c4ccc(P(c5ccccc5)c5ccccc5)c5ccccc45)ccc3c12. The summed E-state index contributed by atoms with van der Waals surface area (Å²) in [6.07, 6.45) is 8.33. The monoisotopic (exact) mass is 565 g/mol. The number of rotatable bonds is 4. The molecule has 0 saturated carbocycles. The molecule has 0 amide bonds. The van der Waals surface area contributed by atoms with Gasteiger partial charge >= 0.3 is 0 Å². The Hall–Kier alpha value is -5.04. The van der Waals surface area contributed by atoms with Gasteiger partial charge in [0.2, 0.25) is 0 Å². The predicted octanol–water partition coefficient (Wildman–Crippen LogP) is 8.88. The molecule has 6 aromatic carbocycles. The normalized spacial score (nSPS) is 16.4. The zero-order chi connectivity index (χ0) is 28.3. The first-order valence-corrected chi connectivity index (χ1v) is 16.1. The number of fused-ring (bicyclic) bond motifs is 4. The summed E-state index contributed by atoms with van der Waals surface area (Å²) >= 11 is 0. The first-order chi connectivity index (χ1) is 21.3. The van der Waals surface area contributed by atoms with Crippen molar-refractivity contribution in [3.63, 3.8) is 0 Å². The molecule has 1 aliphatic heterocycles. The van der Waals surface area contributed by atoms with Crippen molar-refractivity contribution in [3.05, 3.63) is 168 Å². The van der Waals surface area contributed by atoms with Crippen molar-refractivity contribution in [2.45, 2.75) is 6.04 Å². The third kappa shape index (κ3) is 3.80. The van der Waals surface area contributed by atoms with E-state index in [0.717, 1.165) is 17.1 Å². The maximum atomic E-state index is 5.16. The number of nitrogens with zero attached hydrogens (tertiary/aromatic N) is 2. The average molecular weight is 566 g/mol. The highest BCUT2D eigenvalue weighted by Gasteiger charge is 2.26. The van der Waals surface area contributed by atoms with Crippen LogP contribution in [-0.2, 0) is 0 Å². The minimum Gasteiger partial charge on any atom is -0.671 e. The molecular formula is C40H26N2P-. The molecule has 9 rings (SSSR count). The van der Waals surface area contributed by atoms with Crippen molar-refractivity contribution in [3.8, 4) is 11.1 Å². The van der Waals surface area contributed by atoms with E-state index in [1.54, 1.807) is 0 Å². The van der Waals surface area contributed by atoms with E-state index in [2.05, 4.69) is 146 Å². The largest absolute Gasteiger partial charge is 0.671 e. The molecule has 202 valence electrons. The van der Waals surface area contributed by atoms with Gasteiger partial charge in [0.15, 0.2) is 0 Å². The van der Waals surface area contributed by atoms with E-state index in [0.29, 0.717) is 0 Å². The van der Waals surface area contributed by atoms with Crippen LogP contribution >= 0.6 is 7.92 Å². The first-order valence-electron chi connectivity index (χ1n) is 14.7. The zero-order valence-corrected chi connectivity index (χ0v) is 24.2. The van der Waals surface area contributed by atoms with Gasteiger partial charge in [-0.2, -0.15) is 0 Å². The fourth-order valence-electron chi connectivity index (χ4n) is 6.83. The molecule has 0 saturated heterocycles. The Labute approximate surface area is 252 Å². The van der Waals surface area contributed by atoms with Gasteiger partial charge in [-0.3, -0.25) is 4.99 Å². The van der Waals surface area contributed by atoms with Gasteiger partial charge in [0.1, 0.15) is 0 Å². The summed E-state index contributed by atoms with van der Waals surface area (Å²) in [7, 11) is -0.723. The molecule has 1 unspecified atom stereocenters. The van der Waals surface area contributed by atoms with Crippen molar-refractivity contribution < 1.29 is 0 Å². The summed E-state index contributed by atoms with van der Waals surface area (Å²) in [5, 5.41) is 14.4. The van der Waals surface area contributed by atoms with Crippen LogP contribution in [0.5, 0.6) is 0 Å². The Kier molecular flexibility index (Phi) is 5.57. The highest BCUT2D eigenvalue weighted by molar-refractivity contribution is 7.80. The minimum atomic E-state index is -0.723. The molecule has 0 aromatic heterocycles. The van der Waals surface area contributed by atoms with Crippen LogP contribution < -0.4 is 15.9 Å².